The molecule has 1 aliphatic heterocycles. The van der Waals surface area contributed by atoms with Crippen molar-refractivity contribution >= 4 is 35.1 Å². The van der Waals surface area contributed by atoms with Gasteiger partial charge in [-0.15, -0.1) is 0 Å². The van der Waals surface area contributed by atoms with Gasteiger partial charge >= 0.3 is 6.18 Å². The third-order valence-corrected chi connectivity index (χ3v) is 4.43. The van der Waals surface area contributed by atoms with E-state index in [1.54, 1.807) is 12.1 Å². The number of hydrogen-bond donors (Lipinski definition) is 1. The molecule has 1 amide bonds. The lowest BCUT2D eigenvalue weighted by Crippen LogP contribution is -2.36. The molecule has 1 aliphatic rings. The summed E-state index contributed by atoms with van der Waals surface area (Å²) in [7, 11) is 0. The van der Waals surface area contributed by atoms with E-state index in [2.05, 4.69) is 15.2 Å². The molecule has 0 aliphatic carbocycles. The fraction of sp³-hybridized carbons (Fsp3) is 0.263. The van der Waals surface area contributed by atoms with Crippen molar-refractivity contribution in [1.29, 1.82) is 0 Å². The smallest absolute Gasteiger partial charge is 0.378 e. The Labute approximate surface area is 164 Å². The van der Waals surface area contributed by atoms with Crippen LogP contribution in [0.25, 0.3) is 6.08 Å². The van der Waals surface area contributed by atoms with Gasteiger partial charge in [-0.05, 0) is 42.0 Å². The van der Waals surface area contributed by atoms with Gasteiger partial charge in [0, 0.05) is 24.2 Å². The minimum Gasteiger partial charge on any atom is -0.378 e. The summed E-state index contributed by atoms with van der Waals surface area (Å²) < 4.78 is 43.7. The molecule has 3 rings (SSSR count). The standard InChI is InChI=1S/C19H17ClF3N3O2/c20-16-4-2-14(19(21,22)23)11-13(16)1-6-18(27)25-15-3-5-17(24-12-15)26-7-9-28-10-8-26/h1-6,11-12H,7-10H2,(H,25,27)/b6-1+. The number of alkyl halides is 3. The van der Waals surface area contributed by atoms with Gasteiger partial charge in [0.2, 0.25) is 5.91 Å². The maximum Gasteiger partial charge on any atom is 0.416 e. The molecule has 28 heavy (non-hydrogen) atoms. The Bertz CT molecular complexity index is 864. The number of carbonyl (C=O) groups excluding carboxylic acids is 1. The number of amides is 1. The maximum atomic E-state index is 12.8. The van der Waals surface area contributed by atoms with Crippen LogP contribution in [0.2, 0.25) is 5.02 Å². The van der Waals surface area contributed by atoms with E-state index in [9.17, 15) is 18.0 Å². The highest BCUT2D eigenvalue weighted by Crippen LogP contribution is 2.32. The lowest BCUT2D eigenvalue weighted by molar-refractivity contribution is -0.137. The highest BCUT2D eigenvalue weighted by Gasteiger charge is 2.30. The van der Waals surface area contributed by atoms with Crippen LogP contribution >= 0.6 is 11.6 Å². The van der Waals surface area contributed by atoms with Gasteiger partial charge in [-0.3, -0.25) is 4.79 Å². The van der Waals surface area contributed by atoms with E-state index in [0.29, 0.717) is 18.9 Å². The summed E-state index contributed by atoms with van der Waals surface area (Å²) in [5, 5.41) is 2.73. The first kappa shape index (κ1) is 20.2. The zero-order valence-electron chi connectivity index (χ0n) is 14.7. The summed E-state index contributed by atoms with van der Waals surface area (Å²) in [5.41, 5.74) is -0.255. The molecule has 0 bridgehead atoms. The molecule has 1 aromatic carbocycles. The Balaban J connectivity index is 1.64. The fourth-order valence-electron chi connectivity index (χ4n) is 2.64. The van der Waals surface area contributed by atoms with E-state index < -0.39 is 17.6 Å². The summed E-state index contributed by atoms with van der Waals surface area (Å²) in [6.07, 6.45) is -0.600. The zero-order valence-corrected chi connectivity index (χ0v) is 15.4. The quantitative estimate of drug-likeness (QED) is 0.764. The molecule has 0 radical (unpaired) electrons. The Morgan fingerprint density at radius 2 is 1.96 bits per heavy atom. The second-order valence-electron chi connectivity index (χ2n) is 6.06. The predicted octanol–water partition coefficient (Wildman–Crippen LogP) is 4.24. The Kier molecular flexibility index (Phi) is 6.21. The number of nitrogens with zero attached hydrogens (tertiary/aromatic N) is 2. The third-order valence-electron chi connectivity index (χ3n) is 4.09. The van der Waals surface area contributed by atoms with Crippen LogP contribution in [0.3, 0.4) is 0 Å². The number of aromatic nitrogens is 1. The Hall–Kier alpha value is -2.58. The molecule has 1 fully saturated rings. The van der Waals surface area contributed by atoms with Crippen molar-refractivity contribution in [3.8, 4) is 0 Å². The number of pyridine rings is 1. The molecule has 2 heterocycles. The van der Waals surface area contributed by atoms with Gasteiger partial charge in [0.15, 0.2) is 0 Å². The van der Waals surface area contributed by atoms with Gasteiger partial charge in [-0.1, -0.05) is 11.6 Å². The molecule has 5 nitrogen and oxygen atoms in total. The van der Waals surface area contributed by atoms with E-state index in [-0.39, 0.29) is 10.6 Å². The molecule has 1 N–H and O–H groups in total. The van der Waals surface area contributed by atoms with E-state index in [4.69, 9.17) is 16.3 Å². The number of rotatable bonds is 4. The molecular weight excluding hydrogens is 395 g/mol. The summed E-state index contributed by atoms with van der Waals surface area (Å²) in [6, 6.07) is 6.43. The Morgan fingerprint density at radius 1 is 1.21 bits per heavy atom. The van der Waals surface area contributed by atoms with Crippen LogP contribution in [-0.4, -0.2) is 37.2 Å². The molecule has 9 heteroatoms. The predicted molar refractivity (Wildman–Crippen MR) is 101 cm³/mol. The van der Waals surface area contributed by atoms with E-state index in [0.717, 1.165) is 43.2 Å². The van der Waals surface area contributed by atoms with Crippen LogP contribution in [0, 0.1) is 0 Å². The van der Waals surface area contributed by atoms with Gasteiger partial charge in [0.25, 0.3) is 0 Å². The number of hydrogen-bond acceptors (Lipinski definition) is 4. The van der Waals surface area contributed by atoms with Crippen molar-refractivity contribution in [2.45, 2.75) is 6.18 Å². The average Bonchev–Trinajstić information content (AvgIpc) is 2.68. The van der Waals surface area contributed by atoms with Crippen LogP contribution in [0.15, 0.2) is 42.6 Å². The van der Waals surface area contributed by atoms with Crippen LogP contribution in [0.4, 0.5) is 24.7 Å². The van der Waals surface area contributed by atoms with Gasteiger partial charge in [-0.25, -0.2) is 4.98 Å². The number of benzene rings is 1. The van der Waals surface area contributed by atoms with E-state index in [1.807, 2.05) is 0 Å². The van der Waals surface area contributed by atoms with Gasteiger partial charge in [-0.2, -0.15) is 13.2 Å². The first-order valence-corrected chi connectivity index (χ1v) is 8.85. The maximum absolute atomic E-state index is 12.8. The summed E-state index contributed by atoms with van der Waals surface area (Å²) >= 11 is 5.91. The lowest BCUT2D eigenvalue weighted by atomic mass is 10.1. The molecule has 0 spiro atoms. The van der Waals surface area contributed by atoms with Crippen molar-refractivity contribution in [1.82, 2.24) is 4.98 Å². The third kappa shape index (κ3) is 5.24. The topological polar surface area (TPSA) is 54.5 Å². The van der Waals surface area contributed by atoms with Gasteiger partial charge in [0.05, 0.1) is 30.7 Å². The van der Waals surface area contributed by atoms with Crippen LogP contribution in [0.5, 0.6) is 0 Å². The average molecular weight is 412 g/mol. The SMILES string of the molecule is O=C(/C=C/c1cc(C(F)(F)F)ccc1Cl)Nc1ccc(N2CCOCC2)nc1. The molecular formula is C19H17ClF3N3O2. The highest BCUT2D eigenvalue weighted by atomic mass is 35.5. The van der Waals surface area contributed by atoms with Crippen molar-refractivity contribution < 1.29 is 22.7 Å². The second-order valence-corrected chi connectivity index (χ2v) is 6.47. The molecule has 2 aromatic rings. The lowest BCUT2D eigenvalue weighted by Gasteiger charge is -2.27. The monoisotopic (exact) mass is 411 g/mol. The summed E-state index contributed by atoms with van der Waals surface area (Å²) in [4.78, 5) is 18.4. The largest absolute Gasteiger partial charge is 0.416 e. The number of nitrogens with one attached hydrogen (secondary N) is 1. The fourth-order valence-corrected chi connectivity index (χ4v) is 2.82. The summed E-state index contributed by atoms with van der Waals surface area (Å²) in [5.74, 6) is 0.280. The number of ether oxygens (including phenoxy) is 1. The minimum absolute atomic E-state index is 0.104. The molecule has 0 unspecified atom stereocenters. The van der Waals surface area contributed by atoms with Crippen molar-refractivity contribution in [3.63, 3.8) is 0 Å². The normalized spacial score (nSPS) is 15.1. The summed E-state index contributed by atoms with van der Waals surface area (Å²) in [6.45, 7) is 2.78. The molecule has 1 saturated heterocycles. The minimum atomic E-state index is -4.48. The number of anilines is 2. The van der Waals surface area contributed by atoms with Crippen LogP contribution in [0.1, 0.15) is 11.1 Å². The number of morpholine rings is 1. The number of halogens is 4. The molecule has 1 aromatic heterocycles. The number of carbonyl (C=O) groups is 1. The van der Waals surface area contributed by atoms with E-state index in [1.165, 1.54) is 12.3 Å². The first-order valence-electron chi connectivity index (χ1n) is 8.47. The van der Waals surface area contributed by atoms with Gasteiger partial charge < -0.3 is 15.0 Å². The second kappa shape index (κ2) is 8.62. The van der Waals surface area contributed by atoms with Crippen molar-refractivity contribution in [2.24, 2.45) is 0 Å². The van der Waals surface area contributed by atoms with Gasteiger partial charge in [0.1, 0.15) is 5.82 Å². The van der Waals surface area contributed by atoms with Crippen LogP contribution in [-0.2, 0) is 15.7 Å². The van der Waals surface area contributed by atoms with Crippen molar-refractivity contribution in [3.05, 3.63) is 58.8 Å². The zero-order chi connectivity index (χ0) is 20.1. The molecule has 0 saturated carbocycles. The molecule has 148 valence electrons. The van der Waals surface area contributed by atoms with Crippen LogP contribution < -0.4 is 10.2 Å². The molecule has 0 atom stereocenters. The van der Waals surface area contributed by atoms with Crippen molar-refractivity contribution in [2.75, 3.05) is 36.5 Å². The highest BCUT2D eigenvalue weighted by molar-refractivity contribution is 6.32. The first-order chi connectivity index (χ1) is 13.3. The van der Waals surface area contributed by atoms with E-state index >= 15 is 0 Å². The Morgan fingerprint density at radius 3 is 2.61 bits per heavy atom.